The summed E-state index contributed by atoms with van der Waals surface area (Å²) in [6, 6.07) is 15.1. The molecule has 3 rings (SSSR count). The van der Waals surface area contributed by atoms with E-state index >= 15 is 0 Å². The van der Waals surface area contributed by atoms with Crippen LogP contribution < -0.4 is 4.74 Å². The van der Waals surface area contributed by atoms with Gasteiger partial charge in [-0.1, -0.05) is 46.3 Å². The smallest absolute Gasteiger partial charge is 0.247 e. The summed E-state index contributed by atoms with van der Waals surface area (Å²) in [4.78, 5) is 0.222. The second-order valence-corrected chi connectivity index (χ2v) is 8.67. The van der Waals surface area contributed by atoms with Crippen molar-refractivity contribution in [1.82, 2.24) is 4.31 Å². The highest BCUT2D eigenvalue weighted by atomic mass is 79.9. The van der Waals surface area contributed by atoms with Crippen LogP contribution in [0, 0.1) is 0 Å². The van der Waals surface area contributed by atoms with Gasteiger partial charge in [0.2, 0.25) is 10.0 Å². The van der Waals surface area contributed by atoms with E-state index in [0.717, 1.165) is 29.3 Å². The fourth-order valence-electron chi connectivity index (χ4n) is 3.19. The number of methoxy groups -OCH3 is 1. The van der Waals surface area contributed by atoms with Gasteiger partial charge in [0, 0.05) is 17.1 Å². The zero-order chi connectivity index (χ0) is 17.2. The largest absolute Gasteiger partial charge is 0.495 e. The first kappa shape index (κ1) is 17.5. The maximum absolute atomic E-state index is 13.2. The Labute approximate surface area is 151 Å². The number of halogens is 1. The summed E-state index contributed by atoms with van der Waals surface area (Å²) < 4.78 is 34.0. The van der Waals surface area contributed by atoms with Crippen molar-refractivity contribution in [3.63, 3.8) is 0 Å². The molecular weight excluding hydrogens is 390 g/mol. The first-order chi connectivity index (χ1) is 11.5. The van der Waals surface area contributed by atoms with Crippen LogP contribution in [-0.2, 0) is 16.4 Å². The fourth-order valence-corrected chi connectivity index (χ4v) is 5.58. The van der Waals surface area contributed by atoms with Crippen LogP contribution in [0.1, 0.15) is 18.4 Å². The predicted octanol–water partition coefficient (Wildman–Crippen LogP) is 3.85. The first-order valence-corrected chi connectivity index (χ1v) is 10.1. The highest BCUT2D eigenvalue weighted by molar-refractivity contribution is 9.10. The summed E-state index contributed by atoms with van der Waals surface area (Å²) in [6.45, 7) is 0.551. The lowest BCUT2D eigenvalue weighted by Gasteiger charge is -2.25. The van der Waals surface area contributed by atoms with Crippen molar-refractivity contribution in [3.8, 4) is 5.75 Å². The zero-order valence-corrected chi connectivity index (χ0v) is 15.9. The SMILES string of the molecule is COc1ccc(Br)cc1S(=O)(=O)N1CCC[C@H]1Cc1ccccc1. The Hall–Kier alpha value is -1.37. The Bertz CT molecular complexity index is 808. The predicted molar refractivity (Wildman–Crippen MR) is 97.8 cm³/mol. The summed E-state index contributed by atoms with van der Waals surface area (Å²) in [5.74, 6) is 0.378. The Morgan fingerprint density at radius 1 is 1.21 bits per heavy atom. The van der Waals surface area contributed by atoms with Crippen molar-refractivity contribution in [2.45, 2.75) is 30.2 Å². The minimum absolute atomic E-state index is 0.0129. The molecular formula is C18H20BrNO3S. The molecule has 0 spiro atoms. The normalized spacial score (nSPS) is 18.7. The topological polar surface area (TPSA) is 46.6 Å². The van der Waals surface area contributed by atoms with Crippen molar-refractivity contribution in [2.24, 2.45) is 0 Å². The quantitative estimate of drug-likeness (QED) is 0.752. The molecule has 1 heterocycles. The average Bonchev–Trinajstić information content (AvgIpc) is 3.04. The van der Waals surface area contributed by atoms with E-state index in [4.69, 9.17) is 4.74 Å². The number of hydrogen-bond donors (Lipinski definition) is 0. The van der Waals surface area contributed by atoms with Crippen molar-refractivity contribution in [3.05, 3.63) is 58.6 Å². The van der Waals surface area contributed by atoms with Crippen LogP contribution in [0.2, 0.25) is 0 Å². The molecule has 0 radical (unpaired) electrons. The molecule has 2 aromatic rings. The van der Waals surface area contributed by atoms with Gasteiger partial charge in [-0.3, -0.25) is 0 Å². The molecule has 0 aromatic heterocycles. The number of benzene rings is 2. The third kappa shape index (κ3) is 3.50. The molecule has 24 heavy (non-hydrogen) atoms. The minimum Gasteiger partial charge on any atom is -0.495 e. The monoisotopic (exact) mass is 409 g/mol. The molecule has 0 saturated carbocycles. The molecule has 1 aliphatic rings. The highest BCUT2D eigenvalue weighted by Gasteiger charge is 2.36. The number of sulfonamides is 1. The highest BCUT2D eigenvalue weighted by Crippen LogP contribution is 2.34. The van der Waals surface area contributed by atoms with E-state index < -0.39 is 10.0 Å². The molecule has 1 saturated heterocycles. The Morgan fingerprint density at radius 2 is 1.96 bits per heavy atom. The van der Waals surface area contributed by atoms with E-state index in [1.54, 1.807) is 22.5 Å². The fraction of sp³-hybridized carbons (Fsp3) is 0.333. The van der Waals surface area contributed by atoms with Gasteiger partial charge in [-0.2, -0.15) is 4.31 Å². The van der Waals surface area contributed by atoms with Gasteiger partial charge in [0.05, 0.1) is 7.11 Å². The van der Waals surface area contributed by atoms with E-state index in [0.29, 0.717) is 12.3 Å². The Kier molecular flexibility index (Phi) is 5.27. The van der Waals surface area contributed by atoms with E-state index in [1.807, 2.05) is 30.3 Å². The molecule has 1 fully saturated rings. The van der Waals surface area contributed by atoms with Crippen molar-refractivity contribution >= 4 is 26.0 Å². The summed E-state index contributed by atoms with van der Waals surface area (Å²) in [7, 11) is -2.10. The molecule has 0 amide bonds. The Balaban J connectivity index is 1.92. The van der Waals surface area contributed by atoms with Gasteiger partial charge in [-0.25, -0.2) is 8.42 Å². The second kappa shape index (κ2) is 7.25. The van der Waals surface area contributed by atoms with Crippen molar-refractivity contribution < 1.29 is 13.2 Å². The lowest BCUT2D eigenvalue weighted by molar-refractivity contribution is 0.374. The molecule has 0 aliphatic carbocycles. The molecule has 128 valence electrons. The standard InChI is InChI=1S/C18H20BrNO3S/c1-23-17-10-9-15(19)13-18(17)24(21,22)20-11-5-8-16(20)12-14-6-3-2-4-7-14/h2-4,6-7,9-10,13,16H,5,8,11-12H2,1H3/t16-/m0/s1. The maximum atomic E-state index is 13.2. The zero-order valence-electron chi connectivity index (χ0n) is 13.5. The molecule has 4 nitrogen and oxygen atoms in total. The summed E-state index contributed by atoms with van der Waals surface area (Å²) in [5.41, 5.74) is 1.16. The average molecular weight is 410 g/mol. The van der Waals surface area contributed by atoms with Crippen LogP contribution in [-0.4, -0.2) is 32.4 Å². The van der Waals surface area contributed by atoms with Crippen molar-refractivity contribution in [1.29, 1.82) is 0 Å². The summed E-state index contributed by atoms with van der Waals surface area (Å²) >= 11 is 3.36. The molecule has 0 N–H and O–H groups in total. The number of nitrogens with zero attached hydrogens (tertiary/aromatic N) is 1. The first-order valence-electron chi connectivity index (χ1n) is 7.91. The van der Waals surface area contributed by atoms with Crippen LogP contribution in [0.3, 0.4) is 0 Å². The van der Waals surface area contributed by atoms with Crippen molar-refractivity contribution in [2.75, 3.05) is 13.7 Å². The molecule has 6 heteroatoms. The summed E-state index contributed by atoms with van der Waals surface area (Å²) in [6.07, 6.45) is 2.49. The third-order valence-electron chi connectivity index (χ3n) is 4.35. The molecule has 2 aromatic carbocycles. The third-order valence-corrected chi connectivity index (χ3v) is 6.82. The summed E-state index contributed by atoms with van der Waals surface area (Å²) in [5, 5.41) is 0. The molecule has 1 atom stereocenters. The van der Waals surface area contributed by atoms with Crippen LogP contribution in [0.4, 0.5) is 0 Å². The van der Waals surface area contributed by atoms with E-state index in [1.165, 1.54) is 7.11 Å². The van der Waals surface area contributed by atoms with Gasteiger partial charge in [-0.05, 0) is 43.0 Å². The molecule has 1 aliphatic heterocycles. The second-order valence-electron chi connectivity index (χ2n) is 5.90. The molecule has 0 unspecified atom stereocenters. The van der Waals surface area contributed by atoms with Gasteiger partial charge >= 0.3 is 0 Å². The van der Waals surface area contributed by atoms with E-state index in [9.17, 15) is 8.42 Å². The number of rotatable bonds is 5. The van der Waals surface area contributed by atoms with Gasteiger partial charge < -0.3 is 4.74 Å². The van der Waals surface area contributed by atoms with Crippen LogP contribution in [0.15, 0.2) is 57.9 Å². The maximum Gasteiger partial charge on any atom is 0.247 e. The van der Waals surface area contributed by atoms with Gasteiger partial charge in [-0.15, -0.1) is 0 Å². The van der Waals surface area contributed by atoms with Crippen LogP contribution >= 0.6 is 15.9 Å². The van der Waals surface area contributed by atoms with Gasteiger partial charge in [0.15, 0.2) is 0 Å². The van der Waals surface area contributed by atoms with E-state index in [2.05, 4.69) is 15.9 Å². The number of ether oxygens (including phenoxy) is 1. The molecule has 0 bridgehead atoms. The van der Waals surface area contributed by atoms with Gasteiger partial charge in [0.1, 0.15) is 10.6 Å². The lowest BCUT2D eigenvalue weighted by Crippen LogP contribution is -2.37. The van der Waals surface area contributed by atoms with E-state index in [-0.39, 0.29) is 10.9 Å². The minimum atomic E-state index is -3.59. The van der Waals surface area contributed by atoms with Crippen LogP contribution in [0.25, 0.3) is 0 Å². The number of hydrogen-bond acceptors (Lipinski definition) is 3. The van der Waals surface area contributed by atoms with Gasteiger partial charge in [0.25, 0.3) is 0 Å². The lowest BCUT2D eigenvalue weighted by atomic mass is 10.1. The Morgan fingerprint density at radius 3 is 2.67 bits per heavy atom. The van der Waals surface area contributed by atoms with Crippen LogP contribution in [0.5, 0.6) is 5.75 Å².